The summed E-state index contributed by atoms with van der Waals surface area (Å²) in [6, 6.07) is 7.14. The highest BCUT2D eigenvalue weighted by atomic mass is 32.1. The fourth-order valence-electron chi connectivity index (χ4n) is 2.02. The minimum atomic E-state index is -0.462. The lowest BCUT2D eigenvalue weighted by molar-refractivity contribution is -0.129. The molecule has 0 atom stereocenters. The van der Waals surface area contributed by atoms with E-state index in [-0.39, 0.29) is 11.6 Å². The van der Waals surface area contributed by atoms with Gasteiger partial charge in [-0.1, -0.05) is 0 Å². The van der Waals surface area contributed by atoms with E-state index in [2.05, 4.69) is 4.99 Å². The lowest BCUT2D eigenvalue weighted by atomic mass is 10.2. The van der Waals surface area contributed by atoms with Crippen molar-refractivity contribution in [2.45, 2.75) is 0 Å². The van der Waals surface area contributed by atoms with Crippen LogP contribution in [0.25, 0.3) is 6.08 Å². The van der Waals surface area contributed by atoms with Crippen molar-refractivity contribution in [3.63, 3.8) is 0 Å². The van der Waals surface area contributed by atoms with E-state index in [1.165, 1.54) is 0 Å². The summed E-state index contributed by atoms with van der Waals surface area (Å²) in [5, 5.41) is 3.87. The van der Waals surface area contributed by atoms with Crippen LogP contribution in [0.3, 0.4) is 0 Å². The normalized spacial score (nSPS) is 15.6. The Morgan fingerprint density at radius 3 is 2.68 bits per heavy atom. The quantitative estimate of drug-likeness (QED) is 0.642. The van der Waals surface area contributed by atoms with Crippen LogP contribution in [0.1, 0.15) is 11.1 Å². The maximum atomic E-state index is 11.9. The Hall–Kier alpha value is -2.60. The second-order valence-electron chi connectivity index (χ2n) is 4.46. The molecule has 1 aromatic heterocycles. The predicted molar refractivity (Wildman–Crippen MR) is 84.5 cm³/mol. The Kier molecular flexibility index (Phi) is 3.93. The van der Waals surface area contributed by atoms with Crippen LogP contribution in [0.5, 0.6) is 11.5 Å². The zero-order chi connectivity index (χ0) is 15.5. The summed E-state index contributed by atoms with van der Waals surface area (Å²) in [7, 11) is 3.11. The van der Waals surface area contributed by atoms with Crippen molar-refractivity contribution in [1.82, 2.24) is 0 Å². The number of cyclic esters (lactones) is 1. The molecule has 0 radical (unpaired) electrons. The summed E-state index contributed by atoms with van der Waals surface area (Å²) < 4.78 is 15.7. The molecule has 112 valence electrons. The van der Waals surface area contributed by atoms with Gasteiger partial charge in [0.05, 0.1) is 14.2 Å². The molecule has 22 heavy (non-hydrogen) atoms. The number of hydrogen-bond donors (Lipinski definition) is 0. The number of rotatable bonds is 4. The van der Waals surface area contributed by atoms with Crippen molar-refractivity contribution < 1.29 is 19.0 Å². The summed E-state index contributed by atoms with van der Waals surface area (Å²) >= 11 is 1.55. The average molecular weight is 315 g/mol. The zero-order valence-electron chi connectivity index (χ0n) is 12.0. The van der Waals surface area contributed by atoms with Gasteiger partial charge >= 0.3 is 5.97 Å². The highest BCUT2D eigenvalue weighted by Crippen LogP contribution is 2.29. The van der Waals surface area contributed by atoms with Crippen LogP contribution >= 0.6 is 11.3 Å². The minimum Gasteiger partial charge on any atom is -0.493 e. The first-order chi connectivity index (χ1) is 10.7. The summed E-state index contributed by atoms with van der Waals surface area (Å²) in [6.45, 7) is 0. The van der Waals surface area contributed by atoms with Gasteiger partial charge in [0.2, 0.25) is 5.90 Å². The first-order valence-corrected chi connectivity index (χ1v) is 7.42. The van der Waals surface area contributed by atoms with Crippen molar-refractivity contribution >= 4 is 29.3 Å². The van der Waals surface area contributed by atoms with Gasteiger partial charge in [-0.15, -0.1) is 0 Å². The second kappa shape index (κ2) is 6.03. The van der Waals surface area contributed by atoms with Crippen LogP contribution in [0, 0.1) is 0 Å². The van der Waals surface area contributed by atoms with Crippen LogP contribution in [0.2, 0.25) is 0 Å². The molecule has 2 heterocycles. The van der Waals surface area contributed by atoms with Gasteiger partial charge in [0.15, 0.2) is 17.2 Å². The molecule has 2 aromatic rings. The highest BCUT2D eigenvalue weighted by molar-refractivity contribution is 7.08. The number of benzene rings is 1. The van der Waals surface area contributed by atoms with Gasteiger partial charge in [-0.2, -0.15) is 11.3 Å². The third kappa shape index (κ3) is 2.73. The van der Waals surface area contributed by atoms with Gasteiger partial charge in [-0.25, -0.2) is 9.79 Å². The summed E-state index contributed by atoms with van der Waals surface area (Å²) in [6.07, 6.45) is 1.70. The molecule has 5 nitrogen and oxygen atoms in total. The molecule has 0 saturated carbocycles. The SMILES string of the molecule is COc1ccc(C2=N/C(=C/c3ccsc3)C(=O)O2)cc1OC. The molecule has 0 aliphatic carbocycles. The Labute approximate surface area is 131 Å². The van der Waals surface area contributed by atoms with Crippen LogP contribution in [-0.2, 0) is 9.53 Å². The smallest absolute Gasteiger partial charge is 0.363 e. The van der Waals surface area contributed by atoms with E-state index in [9.17, 15) is 4.79 Å². The van der Waals surface area contributed by atoms with E-state index < -0.39 is 5.97 Å². The Bertz CT molecular complexity index is 762. The Morgan fingerprint density at radius 2 is 2.00 bits per heavy atom. The molecule has 0 amide bonds. The maximum absolute atomic E-state index is 11.9. The number of ether oxygens (including phenoxy) is 3. The second-order valence-corrected chi connectivity index (χ2v) is 5.24. The molecule has 6 heteroatoms. The van der Waals surface area contributed by atoms with E-state index >= 15 is 0 Å². The van der Waals surface area contributed by atoms with Crippen LogP contribution < -0.4 is 9.47 Å². The topological polar surface area (TPSA) is 57.1 Å². The van der Waals surface area contributed by atoms with E-state index in [0.29, 0.717) is 17.1 Å². The monoisotopic (exact) mass is 315 g/mol. The van der Waals surface area contributed by atoms with Gasteiger partial charge in [0, 0.05) is 5.56 Å². The van der Waals surface area contributed by atoms with Gasteiger partial charge in [-0.3, -0.25) is 0 Å². The largest absolute Gasteiger partial charge is 0.493 e. The number of nitrogens with zero attached hydrogens (tertiary/aromatic N) is 1. The van der Waals surface area contributed by atoms with Crippen LogP contribution in [0.15, 0.2) is 45.7 Å². The fraction of sp³-hybridized carbons (Fsp3) is 0.125. The number of esters is 1. The molecule has 1 aromatic carbocycles. The number of methoxy groups -OCH3 is 2. The predicted octanol–water partition coefficient (Wildman–Crippen LogP) is 3.11. The fourth-order valence-corrected chi connectivity index (χ4v) is 2.63. The summed E-state index contributed by atoms with van der Waals surface area (Å²) in [5.74, 6) is 0.947. The van der Waals surface area contributed by atoms with Gasteiger partial charge in [-0.05, 0) is 46.7 Å². The maximum Gasteiger partial charge on any atom is 0.363 e. The minimum absolute atomic E-state index is 0.257. The number of aliphatic imine (C=N–C) groups is 1. The number of carbonyl (C=O) groups excluding carboxylic acids is 1. The van der Waals surface area contributed by atoms with Crippen LogP contribution in [0.4, 0.5) is 0 Å². The van der Waals surface area contributed by atoms with Crippen molar-refractivity contribution in [1.29, 1.82) is 0 Å². The van der Waals surface area contributed by atoms with Gasteiger partial charge < -0.3 is 14.2 Å². The molecule has 1 aliphatic heterocycles. The van der Waals surface area contributed by atoms with Crippen molar-refractivity contribution in [3.05, 3.63) is 51.8 Å². The van der Waals surface area contributed by atoms with Crippen molar-refractivity contribution in [3.8, 4) is 11.5 Å². The molecule has 0 spiro atoms. The number of thiophene rings is 1. The standard InChI is InChI=1S/C16H13NO4S/c1-19-13-4-3-11(8-14(13)20-2)15-17-12(16(18)21-15)7-10-5-6-22-9-10/h3-9H,1-2H3/b12-7+. The first-order valence-electron chi connectivity index (χ1n) is 6.48. The molecular formula is C16H13NO4S. The van der Waals surface area contributed by atoms with Gasteiger partial charge in [0.1, 0.15) is 0 Å². The van der Waals surface area contributed by atoms with Gasteiger partial charge in [0.25, 0.3) is 0 Å². The molecule has 3 rings (SSSR count). The molecule has 0 fully saturated rings. The van der Waals surface area contributed by atoms with E-state index in [1.807, 2.05) is 16.8 Å². The molecule has 0 bridgehead atoms. The third-order valence-corrected chi connectivity index (χ3v) is 3.80. The molecule has 0 N–H and O–H groups in total. The highest BCUT2D eigenvalue weighted by Gasteiger charge is 2.25. The van der Waals surface area contributed by atoms with Crippen LogP contribution in [-0.4, -0.2) is 26.1 Å². The molecule has 1 aliphatic rings. The summed E-state index contributed by atoms with van der Waals surface area (Å²) in [4.78, 5) is 16.2. The lowest BCUT2D eigenvalue weighted by Crippen LogP contribution is -2.05. The lowest BCUT2D eigenvalue weighted by Gasteiger charge is -2.08. The molecule has 0 saturated heterocycles. The summed E-state index contributed by atoms with van der Waals surface area (Å²) in [5.41, 5.74) is 1.86. The van der Waals surface area contributed by atoms with E-state index in [1.54, 1.807) is 49.8 Å². The molecule has 0 unspecified atom stereocenters. The number of carbonyl (C=O) groups is 1. The number of hydrogen-bond acceptors (Lipinski definition) is 6. The van der Waals surface area contributed by atoms with Crippen molar-refractivity contribution in [2.75, 3.05) is 14.2 Å². The molecular weight excluding hydrogens is 302 g/mol. The zero-order valence-corrected chi connectivity index (χ0v) is 12.8. The average Bonchev–Trinajstić information content (AvgIpc) is 3.17. The van der Waals surface area contributed by atoms with E-state index in [4.69, 9.17) is 14.2 Å². The Balaban J connectivity index is 1.94. The van der Waals surface area contributed by atoms with Crippen molar-refractivity contribution in [2.24, 2.45) is 4.99 Å². The first kappa shape index (κ1) is 14.3. The Morgan fingerprint density at radius 1 is 1.18 bits per heavy atom. The van der Waals surface area contributed by atoms with E-state index in [0.717, 1.165) is 5.56 Å². The third-order valence-electron chi connectivity index (χ3n) is 3.10.